The summed E-state index contributed by atoms with van der Waals surface area (Å²) in [6, 6.07) is 8.55. The summed E-state index contributed by atoms with van der Waals surface area (Å²) in [6.45, 7) is 3.92. The molecule has 0 bridgehead atoms. The first-order valence-electron chi connectivity index (χ1n) is 9.56. The van der Waals surface area contributed by atoms with Crippen LogP contribution in [0.15, 0.2) is 29.1 Å². The predicted octanol–water partition coefficient (Wildman–Crippen LogP) is 2.43. The fourth-order valence-electron chi connectivity index (χ4n) is 4.73. The maximum atomic E-state index is 12.1. The quantitative estimate of drug-likeness (QED) is 0.688. The van der Waals surface area contributed by atoms with Gasteiger partial charge in [0.1, 0.15) is 5.75 Å². The van der Waals surface area contributed by atoms with Crippen molar-refractivity contribution in [2.45, 2.75) is 19.4 Å². The standard InChI is InChI=1S/C21H25N3O4.ClH/c1-4-13-17(22-20(26)16(19(13)25)21(27)28)11-5-7-12(8-6-11)24-9-14-15(10-24)18(14)23(2)3;/h5-8,14-15,18H,4,9-10H2,1-3H3,(H,27,28)(H2,22,25,26);1H/t14-,15+,18?;. The van der Waals surface area contributed by atoms with Crippen molar-refractivity contribution in [1.82, 2.24) is 9.88 Å². The van der Waals surface area contributed by atoms with E-state index >= 15 is 0 Å². The second kappa shape index (κ2) is 7.72. The first-order valence-corrected chi connectivity index (χ1v) is 9.56. The lowest BCUT2D eigenvalue weighted by Gasteiger charge is -2.24. The lowest BCUT2D eigenvalue weighted by Crippen LogP contribution is -2.30. The maximum absolute atomic E-state index is 12.1. The average molecular weight is 420 g/mol. The van der Waals surface area contributed by atoms with E-state index in [1.165, 1.54) is 0 Å². The van der Waals surface area contributed by atoms with Crippen molar-refractivity contribution in [2.24, 2.45) is 11.8 Å². The lowest BCUT2D eigenvalue weighted by atomic mass is 10.0. The summed E-state index contributed by atoms with van der Waals surface area (Å²) in [6.07, 6.45) is 0.404. The Hall–Kier alpha value is -2.51. The number of hydrogen-bond donors (Lipinski definition) is 3. The van der Waals surface area contributed by atoms with Crippen LogP contribution in [0, 0.1) is 11.8 Å². The molecular weight excluding hydrogens is 394 g/mol. The number of anilines is 1. The zero-order chi connectivity index (χ0) is 20.2. The van der Waals surface area contributed by atoms with Gasteiger partial charge in [0.05, 0.1) is 5.69 Å². The summed E-state index contributed by atoms with van der Waals surface area (Å²) in [7, 11) is 4.28. The number of benzene rings is 1. The number of rotatable bonds is 5. The summed E-state index contributed by atoms with van der Waals surface area (Å²) in [5.41, 5.74) is 1.39. The summed E-state index contributed by atoms with van der Waals surface area (Å²) in [5.74, 6) is -0.414. The zero-order valence-corrected chi connectivity index (χ0v) is 17.5. The number of carbonyl (C=O) groups is 1. The lowest BCUT2D eigenvalue weighted by molar-refractivity contribution is 0.0691. The van der Waals surface area contributed by atoms with Gasteiger partial charge in [-0.05, 0) is 50.0 Å². The van der Waals surface area contributed by atoms with E-state index in [1.807, 2.05) is 31.2 Å². The monoisotopic (exact) mass is 419 g/mol. The first kappa shape index (κ1) is 21.2. The van der Waals surface area contributed by atoms with E-state index in [1.54, 1.807) is 0 Å². The maximum Gasteiger partial charge on any atom is 0.345 e. The number of fused-ring (bicyclic) bond motifs is 1. The van der Waals surface area contributed by atoms with E-state index in [4.69, 9.17) is 0 Å². The highest BCUT2D eigenvalue weighted by atomic mass is 35.5. The van der Waals surface area contributed by atoms with E-state index in [-0.39, 0.29) is 12.4 Å². The van der Waals surface area contributed by atoms with Gasteiger partial charge in [0, 0.05) is 30.4 Å². The molecule has 2 aromatic rings. The molecule has 3 N–H and O–H groups in total. The number of aromatic nitrogens is 1. The van der Waals surface area contributed by atoms with Crippen LogP contribution in [0.2, 0.25) is 0 Å². The number of aromatic hydroxyl groups is 1. The molecule has 7 nitrogen and oxygen atoms in total. The number of halogens is 1. The van der Waals surface area contributed by atoms with Crippen molar-refractivity contribution in [2.75, 3.05) is 32.1 Å². The SMILES string of the molecule is CCc1c(-c2ccc(N3C[C@@H]4C(N(C)C)[C@@H]4C3)cc2)[nH]c(=O)c(C(=O)O)c1O.Cl. The molecule has 29 heavy (non-hydrogen) atoms. The second-order valence-electron chi connectivity index (χ2n) is 7.92. The molecule has 1 aromatic carbocycles. The highest BCUT2D eigenvalue weighted by Gasteiger charge is 2.56. The van der Waals surface area contributed by atoms with Crippen LogP contribution in [-0.4, -0.2) is 59.3 Å². The molecule has 0 spiro atoms. The Bertz CT molecular complexity index is 975. The van der Waals surface area contributed by atoms with Gasteiger partial charge in [0.2, 0.25) is 0 Å². The van der Waals surface area contributed by atoms with Crippen LogP contribution < -0.4 is 10.5 Å². The zero-order valence-electron chi connectivity index (χ0n) is 16.7. The molecule has 4 rings (SSSR count). The number of carboxylic acids is 1. The predicted molar refractivity (Wildman–Crippen MR) is 114 cm³/mol. The number of aromatic carboxylic acids is 1. The van der Waals surface area contributed by atoms with Gasteiger partial charge < -0.3 is 25.0 Å². The Balaban J connectivity index is 0.00000240. The number of nitrogens with zero attached hydrogens (tertiary/aromatic N) is 2. The van der Waals surface area contributed by atoms with E-state index < -0.39 is 22.8 Å². The van der Waals surface area contributed by atoms with E-state index in [0.717, 1.165) is 36.2 Å². The van der Waals surface area contributed by atoms with Gasteiger partial charge in [-0.1, -0.05) is 19.1 Å². The van der Waals surface area contributed by atoms with Gasteiger partial charge in [0.25, 0.3) is 5.56 Å². The number of hydrogen-bond acceptors (Lipinski definition) is 5. The van der Waals surface area contributed by atoms with Crippen LogP contribution in [0.4, 0.5) is 5.69 Å². The Labute approximate surface area is 175 Å². The molecule has 1 saturated carbocycles. The minimum atomic E-state index is -1.43. The first-order chi connectivity index (χ1) is 13.3. The summed E-state index contributed by atoms with van der Waals surface area (Å²) in [5, 5.41) is 19.5. The van der Waals surface area contributed by atoms with Gasteiger partial charge in [-0.2, -0.15) is 0 Å². The minimum absolute atomic E-state index is 0. The topological polar surface area (TPSA) is 96.9 Å². The molecule has 0 amide bonds. The fourth-order valence-corrected chi connectivity index (χ4v) is 4.73. The third-order valence-electron chi connectivity index (χ3n) is 6.12. The molecule has 1 aliphatic carbocycles. The highest BCUT2D eigenvalue weighted by Crippen LogP contribution is 2.49. The summed E-state index contributed by atoms with van der Waals surface area (Å²) >= 11 is 0. The van der Waals surface area contributed by atoms with Gasteiger partial charge in [-0.25, -0.2) is 4.79 Å². The smallest absolute Gasteiger partial charge is 0.345 e. The molecule has 1 aromatic heterocycles. The number of aromatic amines is 1. The number of pyridine rings is 1. The van der Waals surface area contributed by atoms with Gasteiger partial charge in [0.15, 0.2) is 5.56 Å². The third-order valence-corrected chi connectivity index (χ3v) is 6.12. The van der Waals surface area contributed by atoms with E-state index in [2.05, 4.69) is 28.9 Å². The number of piperidine rings is 1. The van der Waals surface area contributed by atoms with Crippen LogP contribution in [-0.2, 0) is 6.42 Å². The molecule has 1 aliphatic heterocycles. The summed E-state index contributed by atoms with van der Waals surface area (Å²) < 4.78 is 0. The van der Waals surface area contributed by atoms with Crippen LogP contribution >= 0.6 is 12.4 Å². The number of H-pyrrole nitrogens is 1. The Morgan fingerprint density at radius 2 is 1.79 bits per heavy atom. The van der Waals surface area contributed by atoms with Gasteiger partial charge in [-0.15, -0.1) is 12.4 Å². The third kappa shape index (κ3) is 3.49. The Morgan fingerprint density at radius 1 is 1.21 bits per heavy atom. The highest BCUT2D eigenvalue weighted by molar-refractivity contribution is 5.92. The number of nitrogens with one attached hydrogen (secondary N) is 1. The van der Waals surface area contributed by atoms with E-state index in [0.29, 0.717) is 23.7 Å². The molecule has 1 unspecified atom stereocenters. The van der Waals surface area contributed by atoms with E-state index in [9.17, 15) is 19.8 Å². The van der Waals surface area contributed by atoms with Crippen molar-refractivity contribution in [1.29, 1.82) is 0 Å². The molecule has 1 saturated heterocycles. The Kier molecular flexibility index (Phi) is 5.65. The summed E-state index contributed by atoms with van der Waals surface area (Å²) in [4.78, 5) is 30.7. The molecule has 0 radical (unpaired) electrons. The Morgan fingerprint density at radius 3 is 2.28 bits per heavy atom. The molecule has 2 fully saturated rings. The van der Waals surface area contributed by atoms with Crippen molar-refractivity contribution >= 4 is 24.1 Å². The van der Waals surface area contributed by atoms with Gasteiger partial charge in [-0.3, -0.25) is 4.79 Å². The fraction of sp³-hybridized carbons (Fsp3) is 0.429. The van der Waals surface area contributed by atoms with Crippen LogP contribution in [0.5, 0.6) is 5.75 Å². The molecular formula is C21H26ClN3O4. The molecule has 2 heterocycles. The molecule has 156 valence electrons. The van der Waals surface area contributed by atoms with Crippen LogP contribution in [0.3, 0.4) is 0 Å². The van der Waals surface area contributed by atoms with Crippen LogP contribution in [0.1, 0.15) is 22.8 Å². The van der Waals surface area contributed by atoms with Crippen molar-refractivity contribution < 1.29 is 15.0 Å². The molecule has 8 heteroatoms. The van der Waals surface area contributed by atoms with Crippen LogP contribution in [0.25, 0.3) is 11.3 Å². The second-order valence-corrected chi connectivity index (χ2v) is 7.92. The average Bonchev–Trinajstić information content (AvgIpc) is 3.16. The van der Waals surface area contributed by atoms with Crippen molar-refractivity contribution in [3.63, 3.8) is 0 Å². The van der Waals surface area contributed by atoms with Crippen molar-refractivity contribution in [3.8, 4) is 17.0 Å². The minimum Gasteiger partial charge on any atom is -0.506 e. The number of carboxylic acid groups (broad SMARTS) is 1. The van der Waals surface area contributed by atoms with Crippen molar-refractivity contribution in [3.05, 3.63) is 45.7 Å². The largest absolute Gasteiger partial charge is 0.506 e. The molecule has 2 aliphatic rings. The molecule has 3 atom stereocenters. The normalized spacial score (nSPS) is 22.3. The van der Waals surface area contributed by atoms with Gasteiger partial charge >= 0.3 is 5.97 Å².